The molecule has 9 heteroatoms. The molecular weight excluding hydrogens is 446 g/mol. The summed E-state index contributed by atoms with van der Waals surface area (Å²) in [7, 11) is 0. The third-order valence-corrected chi connectivity index (χ3v) is 8.38. The second-order valence-corrected chi connectivity index (χ2v) is 10.6. The lowest BCUT2D eigenvalue weighted by Crippen LogP contribution is -2.51. The third-order valence-electron chi connectivity index (χ3n) is 6.91. The van der Waals surface area contributed by atoms with Gasteiger partial charge >= 0.3 is 0 Å². The van der Waals surface area contributed by atoms with E-state index in [9.17, 15) is 9.90 Å². The number of anilines is 1. The van der Waals surface area contributed by atoms with E-state index in [0.717, 1.165) is 47.5 Å². The Balaban J connectivity index is 1.27. The lowest BCUT2D eigenvalue weighted by Gasteiger charge is -2.37. The van der Waals surface area contributed by atoms with Crippen LogP contribution in [0.25, 0.3) is 0 Å². The molecule has 2 aliphatic carbocycles. The number of hydrogen-bond donors (Lipinski definition) is 2. The number of thiophene rings is 1. The summed E-state index contributed by atoms with van der Waals surface area (Å²) in [5.74, 6) is 1.82. The summed E-state index contributed by atoms with van der Waals surface area (Å²) in [5, 5.41) is 16.4. The van der Waals surface area contributed by atoms with Gasteiger partial charge in [0.15, 0.2) is 0 Å². The van der Waals surface area contributed by atoms with Crippen molar-refractivity contribution in [2.45, 2.75) is 44.1 Å². The Morgan fingerprint density at radius 1 is 1.31 bits per heavy atom. The van der Waals surface area contributed by atoms with Crippen LogP contribution in [0.4, 0.5) is 5.82 Å². The summed E-state index contributed by atoms with van der Waals surface area (Å²) in [6.07, 6.45) is 4.30. The monoisotopic (exact) mass is 475 g/mol. The number of piperazine rings is 1. The number of carbonyl (C=O) groups excluding carboxylic acids is 1. The smallest absolute Gasteiger partial charge is 0.232 e. The molecule has 0 unspecified atom stereocenters. The molecule has 0 radical (unpaired) electrons. The molecule has 3 atom stereocenters. The van der Waals surface area contributed by atoms with Crippen molar-refractivity contribution >= 4 is 34.7 Å². The number of aromatic nitrogens is 2. The molecule has 0 aromatic carbocycles. The number of hydrogen-bond acceptors (Lipinski definition) is 7. The largest absolute Gasteiger partial charge is 0.387 e. The average Bonchev–Trinajstić information content (AvgIpc) is 3.46. The zero-order valence-electron chi connectivity index (χ0n) is 18.3. The summed E-state index contributed by atoms with van der Waals surface area (Å²) in [4.78, 5) is 27.6. The van der Waals surface area contributed by atoms with Gasteiger partial charge in [0.25, 0.3) is 0 Å². The average molecular weight is 476 g/mol. The molecule has 1 aliphatic heterocycles. The SMILES string of the molecule is C[C@@H]1C[C@@H](O)c2ncnc(N3CCN(C(=O)[C@H](CNCC4CC4)c4sccc4Cl)CC3)c21. The Morgan fingerprint density at radius 3 is 2.78 bits per heavy atom. The van der Waals surface area contributed by atoms with Crippen LogP contribution in [0, 0.1) is 5.92 Å². The predicted molar refractivity (Wildman–Crippen MR) is 126 cm³/mol. The summed E-state index contributed by atoms with van der Waals surface area (Å²) in [6.45, 7) is 6.46. The normalized spacial score (nSPS) is 24.0. The van der Waals surface area contributed by atoms with Gasteiger partial charge in [0.05, 0.1) is 22.7 Å². The minimum Gasteiger partial charge on any atom is -0.387 e. The van der Waals surface area contributed by atoms with Gasteiger partial charge in [-0.1, -0.05) is 18.5 Å². The lowest BCUT2D eigenvalue weighted by atomic mass is 10.0. The van der Waals surface area contributed by atoms with Crippen molar-refractivity contribution in [3.8, 4) is 0 Å². The first kappa shape index (κ1) is 22.1. The van der Waals surface area contributed by atoms with Gasteiger partial charge in [-0.2, -0.15) is 0 Å². The summed E-state index contributed by atoms with van der Waals surface area (Å²) in [5.41, 5.74) is 1.82. The van der Waals surface area contributed by atoms with Gasteiger partial charge in [-0.05, 0) is 49.1 Å². The van der Waals surface area contributed by atoms with E-state index in [1.54, 1.807) is 17.7 Å². The van der Waals surface area contributed by atoms with Crippen LogP contribution in [0.1, 0.15) is 60.3 Å². The van der Waals surface area contributed by atoms with Crippen LogP contribution in [-0.4, -0.2) is 65.2 Å². The highest BCUT2D eigenvalue weighted by Gasteiger charge is 2.35. The Bertz CT molecular complexity index is 973. The molecule has 3 heterocycles. The number of rotatable bonds is 7. The maximum Gasteiger partial charge on any atom is 0.232 e. The van der Waals surface area contributed by atoms with Crippen molar-refractivity contribution in [1.29, 1.82) is 0 Å². The van der Waals surface area contributed by atoms with Crippen LogP contribution < -0.4 is 10.2 Å². The molecule has 172 valence electrons. The van der Waals surface area contributed by atoms with E-state index < -0.39 is 6.10 Å². The second kappa shape index (κ2) is 9.25. The van der Waals surface area contributed by atoms with E-state index in [1.165, 1.54) is 12.8 Å². The highest BCUT2D eigenvalue weighted by molar-refractivity contribution is 7.10. The summed E-state index contributed by atoms with van der Waals surface area (Å²) in [6, 6.07) is 1.88. The van der Waals surface area contributed by atoms with Gasteiger partial charge in [0.1, 0.15) is 12.1 Å². The molecule has 32 heavy (non-hydrogen) atoms. The maximum atomic E-state index is 13.5. The zero-order valence-corrected chi connectivity index (χ0v) is 19.9. The van der Waals surface area contributed by atoms with E-state index in [0.29, 0.717) is 31.1 Å². The van der Waals surface area contributed by atoms with Crippen molar-refractivity contribution in [2.24, 2.45) is 5.92 Å². The van der Waals surface area contributed by atoms with Crippen LogP contribution in [0.3, 0.4) is 0 Å². The fourth-order valence-electron chi connectivity index (χ4n) is 4.91. The van der Waals surface area contributed by atoms with Crippen LogP contribution >= 0.6 is 22.9 Å². The van der Waals surface area contributed by atoms with E-state index >= 15 is 0 Å². The highest BCUT2D eigenvalue weighted by Crippen LogP contribution is 2.43. The topological polar surface area (TPSA) is 81.6 Å². The number of fused-ring (bicyclic) bond motifs is 1. The Morgan fingerprint density at radius 2 is 2.09 bits per heavy atom. The standard InChI is InChI=1S/C23H30ClN5O2S/c1-14-10-18(30)20-19(14)22(27-13-26-20)28-5-7-29(8-6-28)23(31)16(12-25-11-15-2-3-15)21-17(24)4-9-32-21/h4,9,13-16,18,25,30H,2-3,5-8,10-12H2,1H3/t14-,16-,18-/m1/s1. The molecule has 0 bridgehead atoms. The fraction of sp³-hybridized carbons (Fsp3) is 0.609. The Kier molecular flexibility index (Phi) is 6.38. The number of nitrogens with one attached hydrogen (secondary N) is 1. The quantitative estimate of drug-likeness (QED) is 0.640. The lowest BCUT2D eigenvalue weighted by molar-refractivity contribution is -0.133. The first-order valence-electron chi connectivity index (χ1n) is 11.5. The van der Waals surface area contributed by atoms with E-state index in [-0.39, 0.29) is 17.7 Å². The molecule has 2 fully saturated rings. The number of aliphatic hydroxyl groups excluding tert-OH is 1. The van der Waals surface area contributed by atoms with E-state index in [2.05, 4.69) is 27.1 Å². The molecule has 1 saturated heterocycles. The van der Waals surface area contributed by atoms with E-state index in [4.69, 9.17) is 11.6 Å². The summed E-state index contributed by atoms with van der Waals surface area (Å²) >= 11 is 7.99. The molecule has 2 aromatic rings. The predicted octanol–water partition coefficient (Wildman–Crippen LogP) is 3.16. The van der Waals surface area contributed by atoms with Crippen LogP contribution in [0.5, 0.6) is 0 Å². The molecule has 0 spiro atoms. The minimum atomic E-state index is -0.510. The second-order valence-electron chi connectivity index (χ2n) is 9.25. The molecular formula is C23H30ClN5O2S. The van der Waals surface area contributed by atoms with Gasteiger partial charge in [0, 0.05) is 43.2 Å². The highest BCUT2D eigenvalue weighted by atomic mass is 35.5. The Hall–Kier alpha value is -1.74. The van der Waals surface area contributed by atoms with Crippen LogP contribution in [0.15, 0.2) is 17.8 Å². The Labute approximate surface area is 197 Å². The van der Waals surface area contributed by atoms with Gasteiger partial charge in [-0.15, -0.1) is 11.3 Å². The van der Waals surface area contributed by atoms with Crippen molar-refractivity contribution in [3.63, 3.8) is 0 Å². The zero-order chi connectivity index (χ0) is 22.2. The first-order chi connectivity index (χ1) is 15.5. The fourth-order valence-corrected chi connectivity index (χ4v) is 6.20. The number of halogens is 1. The molecule has 2 aromatic heterocycles. The number of carbonyl (C=O) groups is 1. The number of nitrogens with zero attached hydrogens (tertiary/aromatic N) is 4. The number of amides is 1. The van der Waals surface area contributed by atoms with E-state index in [1.807, 2.05) is 16.3 Å². The van der Waals surface area contributed by atoms with Gasteiger partial charge in [-0.25, -0.2) is 9.97 Å². The van der Waals surface area contributed by atoms with Gasteiger partial charge < -0.3 is 20.2 Å². The van der Waals surface area contributed by atoms with Crippen molar-refractivity contribution in [2.75, 3.05) is 44.2 Å². The molecule has 3 aliphatic rings. The van der Waals surface area contributed by atoms with Crippen molar-refractivity contribution in [3.05, 3.63) is 38.9 Å². The van der Waals surface area contributed by atoms with Crippen LogP contribution in [0.2, 0.25) is 5.02 Å². The molecule has 1 amide bonds. The first-order valence-corrected chi connectivity index (χ1v) is 12.8. The maximum absolute atomic E-state index is 13.5. The third kappa shape index (κ3) is 4.38. The van der Waals surface area contributed by atoms with Gasteiger partial charge in [-0.3, -0.25) is 4.79 Å². The van der Waals surface area contributed by atoms with Crippen LogP contribution in [-0.2, 0) is 4.79 Å². The summed E-state index contributed by atoms with van der Waals surface area (Å²) < 4.78 is 0. The van der Waals surface area contributed by atoms with Crippen molar-refractivity contribution < 1.29 is 9.90 Å². The molecule has 2 N–H and O–H groups in total. The molecule has 1 saturated carbocycles. The molecule has 5 rings (SSSR count). The minimum absolute atomic E-state index is 0.147. The van der Waals surface area contributed by atoms with Gasteiger partial charge in [0.2, 0.25) is 5.91 Å². The number of aliphatic hydroxyl groups is 1. The molecule has 7 nitrogen and oxygen atoms in total. The van der Waals surface area contributed by atoms with Crippen molar-refractivity contribution in [1.82, 2.24) is 20.2 Å².